The minimum Gasteiger partial charge on any atom is -0.489 e. The molecular weight excluding hydrogens is 398 g/mol. The van der Waals surface area contributed by atoms with Gasteiger partial charge in [-0.2, -0.15) is 0 Å². The van der Waals surface area contributed by atoms with Gasteiger partial charge in [-0.15, -0.1) is 0 Å². The zero-order chi connectivity index (χ0) is 21.3. The zero-order valence-corrected chi connectivity index (χ0v) is 17.5. The number of aromatic nitrogens is 1. The number of benzene rings is 3. The molecule has 30 heavy (non-hydrogen) atoms. The van der Waals surface area contributed by atoms with E-state index in [2.05, 4.69) is 0 Å². The number of nitrogens with zero attached hydrogens (tertiary/aromatic N) is 1. The number of fused-ring (bicyclic) bond motifs is 1. The summed E-state index contributed by atoms with van der Waals surface area (Å²) in [5.41, 5.74) is 3.38. The number of para-hydroxylation sites is 1. The third-order valence-electron chi connectivity index (χ3n) is 5.09. The molecule has 0 atom stereocenters. The van der Waals surface area contributed by atoms with Gasteiger partial charge in [-0.05, 0) is 55.8 Å². The first kappa shape index (κ1) is 19.9. The average Bonchev–Trinajstić information content (AvgIpc) is 3.20. The highest BCUT2D eigenvalue weighted by Gasteiger charge is 2.22. The maximum Gasteiger partial charge on any atom is 0.268 e. The number of ether oxygens (including phenoxy) is 1. The third kappa shape index (κ3) is 3.50. The fraction of sp³-hybridized carbons (Fsp3) is 0.125. The zero-order valence-electron chi connectivity index (χ0n) is 16.7. The van der Waals surface area contributed by atoms with Crippen molar-refractivity contribution in [2.24, 2.45) is 0 Å². The molecule has 5 nitrogen and oxygen atoms in total. The quantitative estimate of drug-likeness (QED) is 0.418. The Hall–Kier alpha value is -3.38. The molecule has 3 aromatic carbocycles. The van der Waals surface area contributed by atoms with Gasteiger partial charge in [0.25, 0.3) is 10.0 Å². The van der Waals surface area contributed by atoms with E-state index in [-0.39, 0.29) is 11.5 Å². The van der Waals surface area contributed by atoms with Crippen LogP contribution in [0.5, 0.6) is 5.75 Å². The lowest BCUT2D eigenvalue weighted by Crippen LogP contribution is -2.13. The highest BCUT2D eigenvalue weighted by Crippen LogP contribution is 2.30. The Kier molecular flexibility index (Phi) is 5.18. The lowest BCUT2D eigenvalue weighted by atomic mass is 10.0. The molecule has 0 aliphatic carbocycles. The molecule has 1 heterocycles. The molecule has 0 saturated heterocycles. The van der Waals surface area contributed by atoms with Crippen LogP contribution in [0.4, 0.5) is 0 Å². The van der Waals surface area contributed by atoms with Crippen molar-refractivity contribution in [2.45, 2.75) is 25.3 Å². The van der Waals surface area contributed by atoms with Crippen LogP contribution in [0.15, 0.2) is 77.8 Å². The molecule has 0 radical (unpaired) electrons. The third-order valence-corrected chi connectivity index (χ3v) is 6.78. The Morgan fingerprint density at radius 3 is 2.33 bits per heavy atom. The van der Waals surface area contributed by atoms with Crippen molar-refractivity contribution < 1.29 is 17.9 Å². The number of carbonyl (C=O) groups excluding carboxylic acids is 1. The summed E-state index contributed by atoms with van der Waals surface area (Å²) in [6, 6.07) is 19.5. The summed E-state index contributed by atoms with van der Waals surface area (Å²) in [5, 5.41) is 0.590. The highest BCUT2D eigenvalue weighted by atomic mass is 32.2. The van der Waals surface area contributed by atoms with Crippen LogP contribution in [0.1, 0.15) is 27.0 Å². The molecule has 4 rings (SSSR count). The van der Waals surface area contributed by atoms with E-state index >= 15 is 0 Å². The number of hydrogen-bond donors (Lipinski definition) is 0. The first-order valence-corrected chi connectivity index (χ1v) is 10.9. The van der Waals surface area contributed by atoms with Gasteiger partial charge < -0.3 is 4.74 Å². The summed E-state index contributed by atoms with van der Waals surface area (Å²) < 4.78 is 33.5. The van der Waals surface area contributed by atoms with Gasteiger partial charge in [0, 0.05) is 22.7 Å². The van der Waals surface area contributed by atoms with Gasteiger partial charge in [0.1, 0.15) is 12.4 Å². The predicted octanol–water partition coefficient (Wildman–Crippen LogP) is 4.89. The van der Waals surface area contributed by atoms with E-state index in [0.717, 1.165) is 17.4 Å². The molecule has 0 amide bonds. The minimum atomic E-state index is -3.79. The van der Waals surface area contributed by atoms with Crippen molar-refractivity contribution in [1.82, 2.24) is 3.97 Å². The SMILES string of the molecule is Cc1ccc(S(=O)(=O)n2ccc3c(C=O)c(COc4ccccc4)cc(C)c32)cc1. The van der Waals surface area contributed by atoms with Crippen molar-refractivity contribution in [3.05, 3.63) is 95.2 Å². The lowest BCUT2D eigenvalue weighted by molar-refractivity contribution is 0.112. The van der Waals surface area contributed by atoms with E-state index < -0.39 is 10.0 Å². The molecule has 0 bridgehead atoms. The molecule has 0 aliphatic heterocycles. The van der Waals surface area contributed by atoms with Crippen LogP contribution in [-0.2, 0) is 16.6 Å². The molecule has 1 aromatic heterocycles. The van der Waals surface area contributed by atoms with Crippen LogP contribution in [0.25, 0.3) is 10.9 Å². The van der Waals surface area contributed by atoms with Crippen LogP contribution in [0.3, 0.4) is 0 Å². The molecule has 0 aliphatic rings. The maximum absolute atomic E-state index is 13.2. The Balaban J connectivity index is 1.80. The van der Waals surface area contributed by atoms with Gasteiger partial charge in [-0.3, -0.25) is 4.79 Å². The molecule has 0 unspecified atom stereocenters. The van der Waals surface area contributed by atoms with E-state index in [1.807, 2.05) is 50.2 Å². The van der Waals surface area contributed by atoms with Crippen molar-refractivity contribution in [2.75, 3.05) is 0 Å². The van der Waals surface area contributed by atoms with Gasteiger partial charge in [0.2, 0.25) is 0 Å². The Morgan fingerprint density at radius 2 is 1.67 bits per heavy atom. The smallest absolute Gasteiger partial charge is 0.268 e. The summed E-state index contributed by atoms with van der Waals surface area (Å²) in [6.45, 7) is 3.95. The Bertz CT molecular complexity index is 1320. The van der Waals surface area contributed by atoms with Gasteiger partial charge in [-0.25, -0.2) is 12.4 Å². The van der Waals surface area contributed by atoms with Crippen LogP contribution in [0, 0.1) is 13.8 Å². The average molecular weight is 420 g/mol. The van der Waals surface area contributed by atoms with Crippen LogP contribution >= 0.6 is 0 Å². The molecule has 4 aromatic rings. The monoisotopic (exact) mass is 419 g/mol. The van der Waals surface area contributed by atoms with Crippen LogP contribution in [0.2, 0.25) is 0 Å². The van der Waals surface area contributed by atoms with Crippen LogP contribution < -0.4 is 4.74 Å². The number of rotatable bonds is 6. The molecule has 0 fully saturated rings. The van der Waals surface area contributed by atoms with Crippen molar-refractivity contribution >= 4 is 27.2 Å². The molecule has 0 saturated carbocycles. The fourth-order valence-corrected chi connectivity index (χ4v) is 4.97. The largest absolute Gasteiger partial charge is 0.489 e. The second-order valence-corrected chi connectivity index (χ2v) is 8.99. The summed E-state index contributed by atoms with van der Waals surface area (Å²) in [4.78, 5) is 12.1. The number of aryl methyl sites for hydroxylation is 2. The standard InChI is InChI=1S/C24H21NO4S/c1-17-8-10-21(11-9-17)30(27,28)25-13-12-22-23(15-26)19(14-18(2)24(22)25)16-29-20-6-4-3-5-7-20/h3-15H,16H2,1-2H3. The Morgan fingerprint density at radius 1 is 0.967 bits per heavy atom. The molecule has 6 heteroatoms. The topological polar surface area (TPSA) is 65.4 Å². The van der Waals surface area contributed by atoms with E-state index in [1.54, 1.807) is 30.3 Å². The van der Waals surface area contributed by atoms with Gasteiger partial charge in [0.15, 0.2) is 6.29 Å². The van der Waals surface area contributed by atoms with E-state index in [0.29, 0.717) is 27.8 Å². The molecular formula is C24H21NO4S. The second-order valence-electron chi connectivity index (χ2n) is 7.18. The normalized spacial score (nSPS) is 11.5. The van der Waals surface area contributed by atoms with Crippen molar-refractivity contribution in [1.29, 1.82) is 0 Å². The highest BCUT2D eigenvalue weighted by molar-refractivity contribution is 7.90. The number of hydrogen-bond acceptors (Lipinski definition) is 4. The number of aldehydes is 1. The van der Waals surface area contributed by atoms with E-state index in [4.69, 9.17) is 4.74 Å². The summed E-state index contributed by atoms with van der Waals surface area (Å²) in [6.07, 6.45) is 2.26. The first-order chi connectivity index (χ1) is 14.4. The van der Waals surface area contributed by atoms with Gasteiger partial charge in [-0.1, -0.05) is 35.9 Å². The van der Waals surface area contributed by atoms with E-state index in [1.165, 1.54) is 10.2 Å². The van der Waals surface area contributed by atoms with Gasteiger partial charge in [0.05, 0.1) is 10.4 Å². The first-order valence-electron chi connectivity index (χ1n) is 9.50. The summed E-state index contributed by atoms with van der Waals surface area (Å²) in [7, 11) is -3.79. The van der Waals surface area contributed by atoms with Crippen molar-refractivity contribution in [3.63, 3.8) is 0 Å². The van der Waals surface area contributed by atoms with Crippen LogP contribution in [-0.4, -0.2) is 18.7 Å². The van der Waals surface area contributed by atoms with E-state index in [9.17, 15) is 13.2 Å². The second kappa shape index (κ2) is 7.80. The Labute approximate surface area is 175 Å². The fourth-order valence-electron chi connectivity index (χ4n) is 3.56. The lowest BCUT2D eigenvalue weighted by Gasteiger charge is -2.13. The predicted molar refractivity (Wildman–Crippen MR) is 117 cm³/mol. The molecule has 0 spiro atoms. The summed E-state index contributed by atoms with van der Waals surface area (Å²) >= 11 is 0. The summed E-state index contributed by atoms with van der Waals surface area (Å²) in [5.74, 6) is 0.701. The van der Waals surface area contributed by atoms with Crippen molar-refractivity contribution in [3.8, 4) is 5.75 Å². The minimum absolute atomic E-state index is 0.203. The maximum atomic E-state index is 13.2. The van der Waals surface area contributed by atoms with Gasteiger partial charge >= 0.3 is 0 Å². The molecule has 0 N–H and O–H groups in total. The number of carbonyl (C=O) groups is 1. The molecule has 152 valence electrons.